The number of benzene rings is 2. The van der Waals surface area contributed by atoms with E-state index in [0.29, 0.717) is 34.4 Å². The molecule has 0 aliphatic heterocycles. The maximum Gasteiger partial charge on any atom is 0.325 e. The van der Waals surface area contributed by atoms with Crippen LogP contribution in [0.15, 0.2) is 53.6 Å². The third-order valence-electron chi connectivity index (χ3n) is 4.70. The molecule has 9 nitrogen and oxygen atoms in total. The fraction of sp³-hybridized carbons (Fsp3) is 0.292. The molecule has 0 saturated carbocycles. The topological polar surface area (TPSA) is 135 Å². The Bertz CT molecular complexity index is 1300. The van der Waals surface area contributed by atoms with Crippen molar-refractivity contribution in [2.24, 2.45) is 5.92 Å². The minimum Gasteiger partial charge on any atom is -0.491 e. The first-order valence-corrected chi connectivity index (χ1v) is 13.3. The first-order valence-electron chi connectivity index (χ1n) is 10.8. The highest BCUT2D eigenvalue weighted by molar-refractivity contribution is 7.90. The van der Waals surface area contributed by atoms with Crippen molar-refractivity contribution in [1.29, 1.82) is 0 Å². The molecule has 35 heavy (non-hydrogen) atoms. The number of aryl methyl sites for hydroxylation is 1. The van der Waals surface area contributed by atoms with Gasteiger partial charge in [-0.1, -0.05) is 32.0 Å². The number of carboxylic acids is 1. The second-order valence-electron chi connectivity index (χ2n) is 8.39. The van der Waals surface area contributed by atoms with Crippen molar-refractivity contribution in [2.75, 3.05) is 17.2 Å². The van der Waals surface area contributed by atoms with E-state index in [-0.39, 0.29) is 22.2 Å². The number of anilines is 2. The molecule has 0 radical (unpaired) electrons. The summed E-state index contributed by atoms with van der Waals surface area (Å²) in [5, 5.41) is 14.5. The fourth-order valence-electron chi connectivity index (χ4n) is 3.05. The molecule has 11 heteroatoms. The van der Waals surface area contributed by atoms with Crippen LogP contribution in [0.2, 0.25) is 0 Å². The molecule has 2 aromatic carbocycles. The summed E-state index contributed by atoms with van der Waals surface area (Å²) in [6, 6.07) is 10.7. The highest BCUT2D eigenvalue weighted by Gasteiger charge is 2.18. The van der Waals surface area contributed by atoms with Crippen LogP contribution >= 0.6 is 11.3 Å². The van der Waals surface area contributed by atoms with E-state index in [1.54, 1.807) is 6.07 Å². The predicted octanol–water partition coefficient (Wildman–Crippen LogP) is 4.73. The molecular weight excluding hydrogens is 490 g/mol. The first kappa shape index (κ1) is 26.2. The molecule has 0 aliphatic rings. The number of carboxylic acid groups (broad SMARTS) is 1. The molecule has 3 aromatic rings. The fourth-order valence-corrected chi connectivity index (χ4v) is 5.52. The zero-order valence-electron chi connectivity index (χ0n) is 19.6. The summed E-state index contributed by atoms with van der Waals surface area (Å²) < 4.78 is 31.3. The van der Waals surface area contributed by atoms with E-state index in [1.165, 1.54) is 30.5 Å². The summed E-state index contributed by atoms with van der Waals surface area (Å²) in [6.45, 7) is 6.50. The number of aromatic nitrogens is 1. The molecule has 1 heterocycles. The number of nitrogens with one attached hydrogen (secondary N) is 2. The molecule has 0 bridgehead atoms. The minimum absolute atomic E-state index is 0.0839. The highest BCUT2D eigenvalue weighted by Crippen LogP contribution is 2.28. The summed E-state index contributed by atoms with van der Waals surface area (Å²) in [7, 11) is -3.67. The largest absolute Gasteiger partial charge is 0.491 e. The molecule has 0 fully saturated rings. The van der Waals surface area contributed by atoms with E-state index in [0.717, 1.165) is 16.9 Å². The van der Waals surface area contributed by atoms with Gasteiger partial charge >= 0.3 is 12.0 Å². The van der Waals surface area contributed by atoms with Crippen LogP contribution in [0.1, 0.15) is 29.9 Å². The normalized spacial score (nSPS) is 11.3. The number of rotatable bonds is 10. The van der Waals surface area contributed by atoms with Crippen molar-refractivity contribution in [1.82, 2.24) is 4.98 Å². The van der Waals surface area contributed by atoms with Crippen LogP contribution in [0, 0.1) is 12.8 Å². The molecule has 3 rings (SSSR count). The van der Waals surface area contributed by atoms with Crippen LogP contribution < -0.4 is 15.4 Å². The minimum atomic E-state index is -3.67. The number of amides is 2. The summed E-state index contributed by atoms with van der Waals surface area (Å²) in [5.41, 5.74) is 2.02. The number of urea groups is 1. The Balaban J connectivity index is 1.63. The second kappa shape index (κ2) is 11.3. The summed E-state index contributed by atoms with van der Waals surface area (Å²) >= 11 is 1.05. The lowest BCUT2D eigenvalue weighted by Crippen LogP contribution is -2.20. The third kappa shape index (κ3) is 7.79. The van der Waals surface area contributed by atoms with Crippen LogP contribution in [0.3, 0.4) is 0 Å². The van der Waals surface area contributed by atoms with Gasteiger partial charge in [-0.3, -0.25) is 10.1 Å². The van der Waals surface area contributed by atoms with Crippen molar-refractivity contribution in [2.45, 2.75) is 37.8 Å². The third-order valence-corrected chi connectivity index (χ3v) is 7.48. The molecule has 1 aromatic heterocycles. The van der Waals surface area contributed by atoms with Gasteiger partial charge < -0.3 is 15.2 Å². The molecule has 3 N–H and O–H groups in total. The van der Waals surface area contributed by atoms with Crippen molar-refractivity contribution < 1.29 is 27.9 Å². The monoisotopic (exact) mass is 517 g/mol. The van der Waals surface area contributed by atoms with Crippen LogP contribution in [0.25, 0.3) is 0 Å². The molecule has 0 atom stereocenters. The van der Waals surface area contributed by atoms with Gasteiger partial charge in [0.05, 0.1) is 29.4 Å². The zero-order valence-corrected chi connectivity index (χ0v) is 21.2. The van der Waals surface area contributed by atoms with Gasteiger partial charge in [-0.2, -0.15) is 0 Å². The van der Waals surface area contributed by atoms with Crippen molar-refractivity contribution in [3.05, 3.63) is 64.7 Å². The van der Waals surface area contributed by atoms with E-state index in [2.05, 4.69) is 15.6 Å². The average molecular weight is 518 g/mol. The van der Waals surface area contributed by atoms with Gasteiger partial charge in [0.1, 0.15) is 5.75 Å². The number of sulfone groups is 1. The van der Waals surface area contributed by atoms with Gasteiger partial charge in [0, 0.05) is 11.1 Å². The van der Waals surface area contributed by atoms with Gasteiger partial charge in [-0.15, -0.1) is 11.3 Å². The van der Waals surface area contributed by atoms with Crippen LogP contribution in [0.5, 0.6) is 5.75 Å². The summed E-state index contributed by atoms with van der Waals surface area (Å²) in [6.07, 6.45) is 1.22. The molecule has 0 unspecified atom stereocenters. The number of hydrogen-bond donors (Lipinski definition) is 3. The number of aliphatic carboxylic acids is 1. The molecule has 0 spiro atoms. The van der Waals surface area contributed by atoms with Crippen molar-refractivity contribution in [3.63, 3.8) is 0 Å². The molecule has 186 valence electrons. The van der Waals surface area contributed by atoms with Crippen molar-refractivity contribution >= 4 is 44.0 Å². The van der Waals surface area contributed by atoms with Crippen LogP contribution in [0.4, 0.5) is 15.6 Å². The van der Waals surface area contributed by atoms with E-state index in [1.807, 2.05) is 32.9 Å². The quantitative estimate of drug-likeness (QED) is 0.354. The maximum absolute atomic E-state index is 12.7. The average Bonchev–Trinajstić information content (AvgIpc) is 3.19. The Hall–Kier alpha value is -3.44. The number of ether oxygens (including phenoxy) is 1. The zero-order chi connectivity index (χ0) is 25.6. The van der Waals surface area contributed by atoms with Gasteiger partial charge in [0.25, 0.3) is 0 Å². The van der Waals surface area contributed by atoms with Crippen LogP contribution in [-0.4, -0.2) is 37.1 Å². The number of nitrogens with zero attached hydrogens (tertiary/aromatic N) is 1. The van der Waals surface area contributed by atoms with Gasteiger partial charge in [-0.05, 0) is 48.2 Å². The molecule has 2 amide bonds. The number of thiazole rings is 1. The van der Waals surface area contributed by atoms with Gasteiger partial charge in [-0.25, -0.2) is 18.2 Å². The molecule has 0 saturated heterocycles. The number of carbonyl (C=O) groups is 2. The summed E-state index contributed by atoms with van der Waals surface area (Å²) in [5.74, 6) is -0.396. The SMILES string of the molecule is Cc1ccc(NC(=O)Nc2ncc(CS(=O)(=O)c3ccc(CC(=O)O)cc3)s2)c(OCC(C)C)c1. The lowest BCUT2D eigenvalue weighted by Gasteiger charge is -2.14. The smallest absolute Gasteiger partial charge is 0.325 e. The Morgan fingerprint density at radius 2 is 1.83 bits per heavy atom. The van der Waals surface area contributed by atoms with Crippen LogP contribution in [-0.2, 0) is 26.8 Å². The molecular formula is C24H27N3O6S2. The van der Waals surface area contributed by atoms with E-state index in [4.69, 9.17) is 9.84 Å². The Kier molecular flexibility index (Phi) is 8.47. The summed E-state index contributed by atoms with van der Waals surface area (Å²) in [4.78, 5) is 27.9. The van der Waals surface area contributed by atoms with E-state index < -0.39 is 21.8 Å². The Morgan fingerprint density at radius 3 is 2.49 bits per heavy atom. The van der Waals surface area contributed by atoms with E-state index >= 15 is 0 Å². The van der Waals surface area contributed by atoms with Gasteiger partial charge in [0.2, 0.25) is 0 Å². The second-order valence-corrected chi connectivity index (χ2v) is 11.5. The highest BCUT2D eigenvalue weighted by atomic mass is 32.2. The molecule has 0 aliphatic carbocycles. The standard InChI is InChI=1S/C24H27N3O6S2/c1-15(2)13-33-21-10-16(3)4-9-20(21)26-23(30)27-24-25-12-18(34-24)14-35(31,32)19-7-5-17(6-8-19)11-22(28)29/h4-10,12,15H,11,13-14H2,1-3H3,(H,28,29)(H2,25,26,27,30). The lowest BCUT2D eigenvalue weighted by atomic mass is 10.2. The predicted molar refractivity (Wildman–Crippen MR) is 135 cm³/mol. The number of carbonyl (C=O) groups excluding carboxylic acids is 1. The van der Waals surface area contributed by atoms with Crippen molar-refractivity contribution in [3.8, 4) is 5.75 Å². The van der Waals surface area contributed by atoms with E-state index in [9.17, 15) is 18.0 Å². The Labute approximate surface area is 208 Å². The Morgan fingerprint density at radius 1 is 1.11 bits per heavy atom. The van der Waals surface area contributed by atoms with Gasteiger partial charge in [0.15, 0.2) is 15.0 Å². The first-order chi connectivity index (χ1) is 16.5. The number of hydrogen-bond acceptors (Lipinski definition) is 7. The maximum atomic E-state index is 12.7. The lowest BCUT2D eigenvalue weighted by molar-refractivity contribution is -0.136.